The van der Waals surface area contributed by atoms with Gasteiger partial charge in [0.15, 0.2) is 18.1 Å². The molecule has 200 valence electrons. The number of amides is 1. The van der Waals surface area contributed by atoms with Crippen molar-refractivity contribution in [2.24, 2.45) is 11.8 Å². The Kier molecular flexibility index (Phi) is 8.40. The third kappa shape index (κ3) is 6.25. The topological polar surface area (TPSA) is 66.0 Å². The highest BCUT2D eigenvalue weighted by Gasteiger charge is 2.35. The molecule has 2 aliphatic heterocycles. The van der Waals surface area contributed by atoms with Crippen LogP contribution in [0.25, 0.3) is 0 Å². The Morgan fingerprint density at radius 2 is 1.74 bits per heavy atom. The number of fused-ring (bicyclic) bond motifs is 1. The van der Waals surface area contributed by atoms with Gasteiger partial charge in [-0.2, -0.15) is 0 Å². The maximum Gasteiger partial charge on any atom is 0.258 e. The summed E-state index contributed by atoms with van der Waals surface area (Å²) in [7, 11) is 0. The molecule has 3 aromatic rings. The first kappa shape index (κ1) is 26.4. The zero-order valence-electron chi connectivity index (χ0n) is 21.8. The molecule has 1 N–H and O–H groups in total. The molecular weight excluding hydrogens is 502 g/mol. The van der Waals surface area contributed by atoms with Gasteiger partial charge in [-0.3, -0.25) is 4.79 Å². The number of nitrogens with one attached hydrogen (secondary N) is 1. The summed E-state index contributed by atoms with van der Waals surface area (Å²) in [5.74, 6) is 2.95. The van der Waals surface area contributed by atoms with Crippen LogP contribution in [0.5, 0.6) is 17.2 Å². The van der Waals surface area contributed by atoms with Gasteiger partial charge < -0.3 is 24.3 Å². The van der Waals surface area contributed by atoms with Crippen LogP contribution in [0.3, 0.4) is 0 Å². The molecule has 1 amide bonds. The number of rotatable bonds is 8. The summed E-state index contributed by atoms with van der Waals surface area (Å²) >= 11 is 6.48. The quantitative estimate of drug-likeness (QED) is 0.372. The first-order valence-corrected chi connectivity index (χ1v) is 13.6. The number of halogens is 1. The van der Waals surface area contributed by atoms with Crippen LogP contribution in [0.2, 0.25) is 5.02 Å². The Bertz CT molecular complexity index is 1230. The van der Waals surface area contributed by atoms with Crippen LogP contribution >= 0.6 is 11.6 Å². The van der Waals surface area contributed by atoms with E-state index < -0.39 is 0 Å². The SMILES string of the molecule is CC(C)[C@@H]1C[C@H](c2ccccc2Cl)CO[C@H]1c1ccc(OCC(=O)NC[C@@H]2COc3ccccc3O2)cc1. The van der Waals surface area contributed by atoms with Gasteiger partial charge >= 0.3 is 0 Å². The van der Waals surface area contributed by atoms with E-state index in [4.69, 9.17) is 30.5 Å². The molecule has 0 aromatic heterocycles. The summed E-state index contributed by atoms with van der Waals surface area (Å²) in [6.45, 7) is 5.79. The van der Waals surface area contributed by atoms with Gasteiger partial charge in [-0.1, -0.05) is 67.9 Å². The van der Waals surface area contributed by atoms with E-state index in [1.807, 2.05) is 66.7 Å². The number of ether oxygens (including phenoxy) is 4. The minimum atomic E-state index is -0.241. The lowest BCUT2D eigenvalue weighted by atomic mass is 9.76. The molecule has 7 heteroatoms. The molecule has 6 nitrogen and oxygen atoms in total. The highest BCUT2D eigenvalue weighted by atomic mass is 35.5. The Hall–Kier alpha value is -3.22. The summed E-state index contributed by atoms with van der Waals surface area (Å²) in [5.41, 5.74) is 2.28. The number of hydrogen-bond acceptors (Lipinski definition) is 5. The molecular formula is C31H34ClNO5. The molecule has 2 heterocycles. The second kappa shape index (κ2) is 12.1. The van der Waals surface area contributed by atoms with Crippen molar-refractivity contribution in [1.29, 1.82) is 0 Å². The van der Waals surface area contributed by atoms with E-state index in [1.165, 1.54) is 0 Å². The van der Waals surface area contributed by atoms with Crippen molar-refractivity contribution < 1.29 is 23.7 Å². The van der Waals surface area contributed by atoms with Crippen LogP contribution in [-0.2, 0) is 9.53 Å². The number of para-hydroxylation sites is 2. The van der Waals surface area contributed by atoms with Crippen LogP contribution in [-0.4, -0.2) is 38.4 Å². The molecule has 4 atom stereocenters. The Morgan fingerprint density at radius 1 is 1.00 bits per heavy atom. The highest BCUT2D eigenvalue weighted by molar-refractivity contribution is 6.31. The number of carbonyl (C=O) groups is 1. The summed E-state index contributed by atoms with van der Waals surface area (Å²) in [5, 5.41) is 3.66. The van der Waals surface area contributed by atoms with E-state index in [1.54, 1.807) is 0 Å². The van der Waals surface area contributed by atoms with Gasteiger partial charge in [-0.05, 0) is 59.7 Å². The van der Waals surface area contributed by atoms with Crippen LogP contribution < -0.4 is 19.5 Å². The average molecular weight is 536 g/mol. The molecule has 2 aliphatic rings. The zero-order chi connectivity index (χ0) is 26.5. The van der Waals surface area contributed by atoms with Gasteiger partial charge in [0.2, 0.25) is 0 Å². The lowest BCUT2D eigenvalue weighted by Crippen LogP contribution is -2.42. The van der Waals surface area contributed by atoms with Gasteiger partial charge in [0, 0.05) is 10.9 Å². The Labute approximate surface area is 229 Å². The molecule has 0 spiro atoms. The van der Waals surface area contributed by atoms with E-state index in [2.05, 4.69) is 25.2 Å². The van der Waals surface area contributed by atoms with Crippen molar-refractivity contribution >= 4 is 17.5 Å². The number of carbonyl (C=O) groups excluding carboxylic acids is 1. The normalized spacial score (nSPS) is 22.6. The van der Waals surface area contributed by atoms with E-state index >= 15 is 0 Å². The number of hydrogen-bond donors (Lipinski definition) is 1. The molecule has 0 bridgehead atoms. The summed E-state index contributed by atoms with van der Waals surface area (Å²) in [4.78, 5) is 12.3. The molecule has 0 aliphatic carbocycles. The average Bonchev–Trinajstić information content (AvgIpc) is 2.95. The van der Waals surface area contributed by atoms with Crippen molar-refractivity contribution in [3.63, 3.8) is 0 Å². The Balaban J connectivity index is 1.11. The largest absolute Gasteiger partial charge is 0.486 e. The van der Waals surface area contributed by atoms with Crippen molar-refractivity contribution in [2.75, 3.05) is 26.4 Å². The second-order valence-corrected chi connectivity index (χ2v) is 10.7. The standard InChI is InChI=1S/C31H34ClNO5/c1-20(2)26-15-22(25-7-3-4-8-27(25)32)17-37-31(26)21-11-13-23(14-12-21)35-19-30(34)33-16-24-18-36-28-9-5-6-10-29(28)38-24/h3-14,20,22,24,26,31H,15-19H2,1-2H3,(H,33,34)/t22-,24+,26-,31-/m0/s1. The van der Waals surface area contributed by atoms with Gasteiger partial charge in [-0.25, -0.2) is 0 Å². The minimum absolute atomic E-state index is 0.00827. The smallest absolute Gasteiger partial charge is 0.258 e. The lowest BCUT2D eigenvalue weighted by Gasteiger charge is -2.39. The third-order valence-corrected chi connectivity index (χ3v) is 7.64. The molecule has 38 heavy (non-hydrogen) atoms. The molecule has 1 saturated heterocycles. The summed E-state index contributed by atoms with van der Waals surface area (Å²) in [6, 6.07) is 23.4. The van der Waals surface area contributed by atoms with E-state index in [0.29, 0.717) is 43.1 Å². The molecule has 0 radical (unpaired) electrons. The van der Waals surface area contributed by atoms with Gasteiger partial charge in [-0.15, -0.1) is 0 Å². The van der Waals surface area contributed by atoms with Gasteiger partial charge in [0.1, 0.15) is 18.5 Å². The zero-order valence-corrected chi connectivity index (χ0v) is 22.5. The van der Waals surface area contributed by atoms with E-state index in [0.717, 1.165) is 28.3 Å². The van der Waals surface area contributed by atoms with Crippen LogP contribution in [0, 0.1) is 11.8 Å². The van der Waals surface area contributed by atoms with Gasteiger partial charge in [0.25, 0.3) is 5.91 Å². The van der Waals surface area contributed by atoms with Crippen LogP contribution in [0.4, 0.5) is 0 Å². The molecule has 0 unspecified atom stereocenters. The van der Waals surface area contributed by atoms with Crippen molar-refractivity contribution in [3.8, 4) is 17.2 Å². The number of benzene rings is 3. The van der Waals surface area contributed by atoms with Crippen LogP contribution in [0.15, 0.2) is 72.8 Å². The molecule has 3 aromatic carbocycles. The monoisotopic (exact) mass is 535 g/mol. The van der Waals surface area contributed by atoms with E-state index in [9.17, 15) is 4.79 Å². The van der Waals surface area contributed by atoms with Crippen molar-refractivity contribution in [3.05, 3.63) is 88.9 Å². The van der Waals surface area contributed by atoms with Crippen LogP contribution in [0.1, 0.15) is 43.4 Å². The van der Waals surface area contributed by atoms with E-state index in [-0.39, 0.29) is 30.6 Å². The maximum atomic E-state index is 12.3. The van der Waals surface area contributed by atoms with Gasteiger partial charge in [0.05, 0.1) is 19.3 Å². The summed E-state index contributed by atoms with van der Waals surface area (Å²) in [6.07, 6.45) is 0.787. The highest BCUT2D eigenvalue weighted by Crippen LogP contribution is 2.44. The maximum absolute atomic E-state index is 12.3. The fourth-order valence-electron chi connectivity index (χ4n) is 5.20. The lowest BCUT2D eigenvalue weighted by molar-refractivity contribution is -0.123. The summed E-state index contributed by atoms with van der Waals surface area (Å²) < 4.78 is 23.7. The molecule has 0 saturated carbocycles. The fraction of sp³-hybridized carbons (Fsp3) is 0.387. The Morgan fingerprint density at radius 3 is 2.50 bits per heavy atom. The second-order valence-electron chi connectivity index (χ2n) is 10.3. The van der Waals surface area contributed by atoms with Crippen molar-refractivity contribution in [2.45, 2.75) is 38.4 Å². The first-order chi connectivity index (χ1) is 18.5. The molecule has 1 fully saturated rings. The minimum Gasteiger partial charge on any atom is -0.486 e. The fourth-order valence-corrected chi connectivity index (χ4v) is 5.49. The third-order valence-electron chi connectivity index (χ3n) is 7.30. The molecule has 5 rings (SSSR count). The van der Waals surface area contributed by atoms with Crippen molar-refractivity contribution in [1.82, 2.24) is 5.32 Å². The predicted octanol–water partition coefficient (Wildman–Crippen LogP) is 6.19. The predicted molar refractivity (Wildman–Crippen MR) is 147 cm³/mol. The first-order valence-electron chi connectivity index (χ1n) is 13.2.